The number of hydrogen-bond donors (Lipinski definition) is 0. The summed E-state index contributed by atoms with van der Waals surface area (Å²) >= 11 is 0. The predicted molar refractivity (Wildman–Crippen MR) is 91.6 cm³/mol. The number of sulfone groups is 1. The zero-order valence-electron chi connectivity index (χ0n) is 14.0. The van der Waals surface area contributed by atoms with Gasteiger partial charge in [-0.15, -0.1) is 0 Å². The van der Waals surface area contributed by atoms with E-state index in [-0.39, 0.29) is 23.5 Å². The van der Waals surface area contributed by atoms with Crippen LogP contribution in [0.2, 0.25) is 0 Å². The molecule has 0 radical (unpaired) electrons. The average molecular weight is 339 g/mol. The van der Waals surface area contributed by atoms with Crippen molar-refractivity contribution in [2.75, 3.05) is 36.0 Å². The summed E-state index contributed by atoms with van der Waals surface area (Å²) in [6.07, 6.45) is 2.26. The number of aromatic nitrogens is 1. The lowest BCUT2D eigenvalue weighted by Gasteiger charge is -2.29. The number of rotatable bonds is 6. The van der Waals surface area contributed by atoms with Crippen LogP contribution < -0.4 is 4.90 Å². The molecule has 0 bridgehead atoms. The average Bonchev–Trinajstić information content (AvgIpc) is 2.89. The maximum absolute atomic E-state index is 12.4. The fourth-order valence-electron chi connectivity index (χ4n) is 3.06. The Bertz CT molecular complexity index is 656. The Morgan fingerprint density at radius 3 is 2.48 bits per heavy atom. The minimum absolute atomic E-state index is 0.0243. The highest BCUT2D eigenvalue weighted by Crippen LogP contribution is 2.24. The fourth-order valence-corrected chi connectivity index (χ4v) is 4.79. The molecule has 1 aromatic heterocycles. The van der Waals surface area contributed by atoms with E-state index in [2.05, 4.69) is 9.88 Å². The van der Waals surface area contributed by atoms with Crippen molar-refractivity contribution in [2.45, 2.75) is 33.2 Å². The summed E-state index contributed by atoms with van der Waals surface area (Å²) in [6.45, 7) is 7.85. The summed E-state index contributed by atoms with van der Waals surface area (Å²) < 4.78 is 23.5. The van der Waals surface area contributed by atoms with E-state index in [1.807, 2.05) is 26.8 Å². The summed E-state index contributed by atoms with van der Waals surface area (Å²) in [7, 11) is -2.94. The predicted octanol–water partition coefficient (Wildman–Crippen LogP) is 1.58. The molecule has 6 nitrogen and oxygen atoms in total. The minimum atomic E-state index is -2.94. The molecule has 1 aromatic rings. The van der Waals surface area contributed by atoms with Gasteiger partial charge in [0.2, 0.25) is 0 Å². The van der Waals surface area contributed by atoms with Gasteiger partial charge in [-0.2, -0.15) is 0 Å². The molecule has 0 N–H and O–H groups in total. The number of hydrogen-bond acceptors (Lipinski definition) is 5. The lowest BCUT2D eigenvalue weighted by atomic mass is 10.2. The standard InChI is InChI=1S/C16H25N3O3S/c1-4-18(5-2)16(20)15-11-13(7-9-17-15)19(6-3)14-8-10-23(21,22)12-14/h7,9,11,14H,4-6,8,10,12H2,1-3H3. The molecular weight excluding hydrogens is 314 g/mol. The van der Waals surface area contributed by atoms with Gasteiger partial charge in [0.15, 0.2) is 9.84 Å². The fraction of sp³-hybridized carbons (Fsp3) is 0.625. The molecule has 23 heavy (non-hydrogen) atoms. The van der Waals surface area contributed by atoms with Crippen LogP contribution in [0.3, 0.4) is 0 Å². The lowest BCUT2D eigenvalue weighted by molar-refractivity contribution is 0.0767. The highest BCUT2D eigenvalue weighted by atomic mass is 32.2. The molecule has 1 unspecified atom stereocenters. The maximum atomic E-state index is 12.4. The highest BCUT2D eigenvalue weighted by Gasteiger charge is 2.32. The molecule has 1 fully saturated rings. The van der Waals surface area contributed by atoms with E-state index in [9.17, 15) is 13.2 Å². The van der Waals surface area contributed by atoms with Gasteiger partial charge in [-0.3, -0.25) is 9.78 Å². The molecule has 2 rings (SSSR count). The van der Waals surface area contributed by atoms with Gasteiger partial charge < -0.3 is 9.80 Å². The van der Waals surface area contributed by atoms with Gasteiger partial charge in [-0.1, -0.05) is 0 Å². The van der Waals surface area contributed by atoms with Crippen molar-refractivity contribution in [3.63, 3.8) is 0 Å². The van der Waals surface area contributed by atoms with Crippen LogP contribution in [0.5, 0.6) is 0 Å². The first-order chi connectivity index (χ1) is 10.9. The summed E-state index contributed by atoms with van der Waals surface area (Å²) in [5, 5.41) is 0. The molecule has 1 aliphatic rings. The maximum Gasteiger partial charge on any atom is 0.272 e. The van der Waals surface area contributed by atoms with Crippen molar-refractivity contribution in [1.82, 2.24) is 9.88 Å². The molecule has 128 valence electrons. The molecule has 1 atom stereocenters. The second kappa shape index (κ2) is 7.29. The van der Waals surface area contributed by atoms with Crippen LogP contribution in [0.4, 0.5) is 5.69 Å². The Labute approximate surface area is 138 Å². The van der Waals surface area contributed by atoms with Crippen molar-refractivity contribution in [3.8, 4) is 0 Å². The molecular formula is C16H25N3O3S. The van der Waals surface area contributed by atoms with Crippen molar-refractivity contribution >= 4 is 21.4 Å². The van der Waals surface area contributed by atoms with Gasteiger partial charge in [-0.05, 0) is 39.3 Å². The highest BCUT2D eigenvalue weighted by molar-refractivity contribution is 7.91. The van der Waals surface area contributed by atoms with E-state index in [0.29, 0.717) is 31.7 Å². The largest absolute Gasteiger partial charge is 0.368 e. The molecule has 0 saturated carbocycles. The summed E-state index contributed by atoms with van der Waals surface area (Å²) in [4.78, 5) is 20.4. The van der Waals surface area contributed by atoms with E-state index < -0.39 is 9.84 Å². The number of anilines is 1. The second-order valence-electron chi connectivity index (χ2n) is 5.72. The first kappa shape index (κ1) is 17.7. The van der Waals surface area contributed by atoms with Gasteiger partial charge >= 0.3 is 0 Å². The van der Waals surface area contributed by atoms with Crippen molar-refractivity contribution in [1.29, 1.82) is 0 Å². The van der Waals surface area contributed by atoms with E-state index >= 15 is 0 Å². The van der Waals surface area contributed by atoms with E-state index in [1.165, 1.54) is 0 Å². The van der Waals surface area contributed by atoms with Crippen LogP contribution in [0.15, 0.2) is 18.3 Å². The summed E-state index contributed by atoms with van der Waals surface area (Å²) in [5.74, 6) is 0.333. The first-order valence-electron chi connectivity index (χ1n) is 8.14. The Morgan fingerprint density at radius 1 is 1.26 bits per heavy atom. The Kier molecular flexibility index (Phi) is 5.62. The summed E-state index contributed by atoms with van der Waals surface area (Å²) in [5.41, 5.74) is 1.27. The molecule has 1 saturated heterocycles. The van der Waals surface area contributed by atoms with Crippen LogP contribution in [-0.2, 0) is 9.84 Å². The van der Waals surface area contributed by atoms with Gasteiger partial charge in [0.1, 0.15) is 5.69 Å². The molecule has 0 aromatic carbocycles. The SMILES string of the molecule is CCN(CC)C(=O)c1cc(N(CC)C2CCS(=O)(=O)C2)ccn1. The van der Waals surface area contributed by atoms with Gasteiger partial charge in [0.05, 0.1) is 11.5 Å². The number of nitrogens with zero attached hydrogens (tertiary/aromatic N) is 3. The van der Waals surface area contributed by atoms with Crippen LogP contribution in [0.1, 0.15) is 37.7 Å². The molecule has 7 heteroatoms. The number of carbonyl (C=O) groups excluding carboxylic acids is 1. The minimum Gasteiger partial charge on any atom is -0.368 e. The monoisotopic (exact) mass is 339 g/mol. The zero-order valence-corrected chi connectivity index (χ0v) is 14.8. The molecule has 1 aliphatic heterocycles. The number of pyridine rings is 1. The molecule has 0 spiro atoms. The Hall–Kier alpha value is -1.63. The Morgan fingerprint density at radius 2 is 1.96 bits per heavy atom. The van der Waals surface area contributed by atoms with Gasteiger partial charge in [0.25, 0.3) is 5.91 Å². The topological polar surface area (TPSA) is 70.6 Å². The number of carbonyl (C=O) groups is 1. The third-order valence-electron chi connectivity index (χ3n) is 4.33. The van der Waals surface area contributed by atoms with Crippen LogP contribution in [0, 0.1) is 0 Å². The van der Waals surface area contributed by atoms with Gasteiger partial charge in [-0.25, -0.2) is 8.42 Å². The van der Waals surface area contributed by atoms with E-state index in [1.54, 1.807) is 17.2 Å². The quantitative estimate of drug-likeness (QED) is 0.787. The Balaban J connectivity index is 2.25. The second-order valence-corrected chi connectivity index (χ2v) is 7.95. The smallest absolute Gasteiger partial charge is 0.272 e. The molecule has 1 amide bonds. The van der Waals surface area contributed by atoms with Crippen molar-refractivity contribution in [3.05, 3.63) is 24.0 Å². The van der Waals surface area contributed by atoms with Crippen LogP contribution >= 0.6 is 0 Å². The lowest BCUT2D eigenvalue weighted by Crippen LogP contribution is -2.36. The summed E-state index contributed by atoms with van der Waals surface area (Å²) in [6, 6.07) is 3.59. The molecule has 0 aliphatic carbocycles. The van der Waals surface area contributed by atoms with Crippen molar-refractivity contribution in [2.24, 2.45) is 0 Å². The first-order valence-corrected chi connectivity index (χ1v) is 9.96. The third-order valence-corrected chi connectivity index (χ3v) is 6.09. The van der Waals surface area contributed by atoms with Crippen LogP contribution in [-0.4, -0.2) is 61.4 Å². The third kappa shape index (κ3) is 4.02. The molecule has 2 heterocycles. The van der Waals surface area contributed by atoms with E-state index in [0.717, 1.165) is 5.69 Å². The van der Waals surface area contributed by atoms with E-state index in [4.69, 9.17) is 0 Å². The van der Waals surface area contributed by atoms with Gasteiger partial charge in [0, 0.05) is 37.6 Å². The number of amides is 1. The van der Waals surface area contributed by atoms with Crippen LogP contribution in [0.25, 0.3) is 0 Å². The zero-order chi connectivity index (χ0) is 17.0. The van der Waals surface area contributed by atoms with Crippen molar-refractivity contribution < 1.29 is 13.2 Å². The normalized spacial score (nSPS) is 19.5.